The van der Waals surface area contributed by atoms with Crippen LogP contribution >= 0.6 is 11.8 Å². The van der Waals surface area contributed by atoms with E-state index in [1.54, 1.807) is 11.8 Å². The predicted molar refractivity (Wildman–Crippen MR) is 103 cm³/mol. The average molecular weight is 343 g/mol. The van der Waals surface area contributed by atoms with Crippen molar-refractivity contribution in [1.29, 1.82) is 0 Å². The Morgan fingerprint density at radius 2 is 1.67 bits per heavy atom. The van der Waals surface area contributed by atoms with Gasteiger partial charge in [-0.2, -0.15) is 0 Å². The summed E-state index contributed by atoms with van der Waals surface area (Å²) in [4.78, 5) is 13.1. The van der Waals surface area contributed by atoms with Gasteiger partial charge in [-0.3, -0.25) is 4.79 Å². The van der Waals surface area contributed by atoms with Crippen molar-refractivity contribution in [2.75, 3.05) is 18.0 Å². The van der Waals surface area contributed by atoms with Gasteiger partial charge in [-0.15, -0.1) is 11.8 Å². The van der Waals surface area contributed by atoms with Crippen molar-refractivity contribution in [1.82, 2.24) is 5.32 Å². The van der Waals surface area contributed by atoms with E-state index < -0.39 is 0 Å². The van der Waals surface area contributed by atoms with E-state index in [4.69, 9.17) is 5.73 Å². The third-order valence-electron chi connectivity index (χ3n) is 3.81. The van der Waals surface area contributed by atoms with Gasteiger partial charge in [0.2, 0.25) is 5.91 Å². The molecule has 0 aliphatic heterocycles. The highest BCUT2D eigenvalue weighted by molar-refractivity contribution is 8.00. The number of nitrogens with two attached hydrogens (primary N) is 1. The molecule has 0 aromatic heterocycles. The van der Waals surface area contributed by atoms with Crippen molar-refractivity contribution in [3.05, 3.63) is 59.7 Å². The number of carbonyl (C=O) groups excluding carboxylic acids is 1. The van der Waals surface area contributed by atoms with Gasteiger partial charge in [0.1, 0.15) is 0 Å². The van der Waals surface area contributed by atoms with Crippen LogP contribution in [0.3, 0.4) is 0 Å². The van der Waals surface area contributed by atoms with Crippen LogP contribution in [0.1, 0.15) is 31.9 Å². The van der Waals surface area contributed by atoms with Gasteiger partial charge in [0, 0.05) is 17.1 Å². The molecule has 3 N–H and O–H groups in total. The van der Waals surface area contributed by atoms with Crippen molar-refractivity contribution in [2.24, 2.45) is 0 Å². The molecular weight excluding hydrogens is 316 g/mol. The monoisotopic (exact) mass is 342 g/mol. The van der Waals surface area contributed by atoms with E-state index in [0.29, 0.717) is 12.3 Å². The van der Waals surface area contributed by atoms with E-state index in [-0.39, 0.29) is 11.3 Å². The fourth-order valence-corrected chi connectivity index (χ4v) is 3.01. The normalized spacial score (nSPS) is 11.3. The lowest BCUT2D eigenvalue weighted by atomic mass is 9.87. The predicted octanol–water partition coefficient (Wildman–Crippen LogP) is 4.02. The quantitative estimate of drug-likeness (QED) is 0.616. The maximum absolute atomic E-state index is 11.9. The number of thioether (sulfide) groups is 1. The molecule has 4 heteroatoms. The van der Waals surface area contributed by atoms with Gasteiger partial charge in [-0.25, -0.2) is 0 Å². The summed E-state index contributed by atoms with van der Waals surface area (Å²) in [5.41, 5.74) is 9.06. The summed E-state index contributed by atoms with van der Waals surface area (Å²) in [7, 11) is 0. The number of carbonyl (C=O) groups is 1. The molecule has 2 aromatic carbocycles. The molecule has 0 atom stereocenters. The second kappa shape index (κ2) is 8.25. The summed E-state index contributed by atoms with van der Waals surface area (Å²) in [5.74, 6) is 0.506. The van der Waals surface area contributed by atoms with E-state index in [2.05, 4.69) is 50.4 Å². The molecule has 2 aromatic rings. The smallest absolute Gasteiger partial charge is 0.230 e. The molecule has 1 amide bonds. The van der Waals surface area contributed by atoms with Crippen molar-refractivity contribution < 1.29 is 4.79 Å². The minimum Gasteiger partial charge on any atom is -0.399 e. The third-order valence-corrected chi connectivity index (χ3v) is 4.82. The zero-order chi connectivity index (χ0) is 17.6. The van der Waals surface area contributed by atoms with E-state index in [1.807, 2.05) is 24.3 Å². The lowest BCUT2D eigenvalue weighted by Gasteiger charge is -2.19. The summed E-state index contributed by atoms with van der Waals surface area (Å²) in [6, 6.07) is 16.2. The number of nitrogen functional groups attached to an aromatic ring is 1. The Hall–Kier alpha value is -1.94. The molecule has 3 nitrogen and oxygen atoms in total. The molecule has 0 saturated heterocycles. The van der Waals surface area contributed by atoms with Gasteiger partial charge in [0.05, 0.1) is 5.75 Å². The van der Waals surface area contributed by atoms with Crippen LogP contribution in [0.4, 0.5) is 5.69 Å². The van der Waals surface area contributed by atoms with Gasteiger partial charge in [-0.05, 0) is 47.2 Å². The molecule has 0 spiro atoms. The molecule has 0 aliphatic rings. The van der Waals surface area contributed by atoms with Crippen LogP contribution in [0.2, 0.25) is 0 Å². The molecule has 128 valence electrons. The molecule has 0 fully saturated rings. The first-order chi connectivity index (χ1) is 11.3. The topological polar surface area (TPSA) is 55.1 Å². The Balaban J connectivity index is 1.72. The Morgan fingerprint density at radius 1 is 1.04 bits per heavy atom. The number of benzene rings is 2. The van der Waals surface area contributed by atoms with Crippen LogP contribution in [-0.4, -0.2) is 18.2 Å². The first-order valence-corrected chi connectivity index (χ1v) is 9.17. The summed E-state index contributed by atoms with van der Waals surface area (Å²) in [6.07, 6.45) is 0.816. The standard InChI is InChI=1S/C20H26N2OS/c1-20(2,3)16-6-10-18(11-7-16)24-14-19(23)22-13-12-15-4-8-17(21)9-5-15/h4-11H,12-14,21H2,1-3H3,(H,22,23). The first-order valence-electron chi connectivity index (χ1n) is 8.19. The molecule has 0 saturated carbocycles. The van der Waals surface area contributed by atoms with Gasteiger partial charge in [0.15, 0.2) is 0 Å². The van der Waals surface area contributed by atoms with Crippen molar-refractivity contribution >= 4 is 23.4 Å². The highest BCUT2D eigenvalue weighted by atomic mass is 32.2. The zero-order valence-electron chi connectivity index (χ0n) is 14.6. The molecule has 2 rings (SSSR count). The second-order valence-corrected chi connectivity index (χ2v) is 7.95. The molecule has 0 unspecified atom stereocenters. The third kappa shape index (κ3) is 5.93. The Kier molecular flexibility index (Phi) is 6.32. The van der Waals surface area contributed by atoms with Crippen molar-refractivity contribution in [3.8, 4) is 0 Å². The summed E-state index contributed by atoms with van der Waals surface area (Å²) in [6.45, 7) is 7.24. The molecule has 0 bridgehead atoms. The second-order valence-electron chi connectivity index (χ2n) is 6.90. The highest BCUT2D eigenvalue weighted by Crippen LogP contribution is 2.25. The fourth-order valence-electron chi connectivity index (χ4n) is 2.28. The average Bonchev–Trinajstić information content (AvgIpc) is 2.54. The Morgan fingerprint density at radius 3 is 2.25 bits per heavy atom. The Labute approximate surface area is 149 Å². The van der Waals surface area contributed by atoms with Crippen molar-refractivity contribution in [2.45, 2.75) is 37.5 Å². The van der Waals surface area contributed by atoms with Crippen LogP contribution in [0.15, 0.2) is 53.4 Å². The maximum Gasteiger partial charge on any atom is 0.230 e. The molecule has 24 heavy (non-hydrogen) atoms. The van der Waals surface area contributed by atoms with E-state index >= 15 is 0 Å². The number of amides is 1. The largest absolute Gasteiger partial charge is 0.399 e. The molecule has 0 radical (unpaired) electrons. The molecular formula is C20H26N2OS. The zero-order valence-corrected chi connectivity index (χ0v) is 15.5. The number of nitrogens with one attached hydrogen (secondary N) is 1. The highest BCUT2D eigenvalue weighted by Gasteiger charge is 2.13. The number of hydrogen-bond donors (Lipinski definition) is 2. The fraction of sp³-hybridized carbons (Fsp3) is 0.350. The lowest BCUT2D eigenvalue weighted by Crippen LogP contribution is -2.27. The summed E-state index contributed by atoms with van der Waals surface area (Å²) < 4.78 is 0. The first kappa shape index (κ1) is 18.4. The summed E-state index contributed by atoms with van der Waals surface area (Å²) >= 11 is 1.57. The van der Waals surface area contributed by atoms with Crippen LogP contribution in [0.5, 0.6) is 0 Å². The minimum absolute atomic E-state index is 0.0651. The summed E-state index contributed by atoms with van der Waals surface area (Å²) in [5, 5.41) is 2.96. The van der Waals surface area contributed by atoms with Crippen LogP contribution in [0, 0.1) is 0 Å². The van der Waals surface area contributed by atoms with Gasteiger partial charge in [-0.1, -0.05) is 45.0 Å². The molecule has 0 heterocycles. The van der Waals surface area contributed by atoms with Gasteiger partial charge >= 0.3 is 0 Å². The van der Waals surface area contributed by atoms with Crippen molar-refractivity contribution in [3.63, 3.8) is 0 Å². The van der Waals surface area contributed by atoms with Gasteiger partial charge in [0.25, 0.3) is 0 Å². The van der Waals surface area contributed by atoms with Crippen LogP contribution < -0.4 is 11.1 Å². The van der Waals surface area contributed by atoms with Gasteiger partial charge < -0.3 is 11.1 Å². The van der Waals surface area contributed by atoms with E-state index in [1.165, 1.54) is 11.1 Å². The maximum atomic E-state index is 11.9. The van der Waals surface area contributed by atoms with Crippen LogP contribution in [-0.2, 0) is 16.6 Å². The van der Waals surface area contributed by atoms with Crippen LogP contribution in [0.25, 0.3) is 0 Å². The number of hydrogen-bond acceptors (Lipinski definition) is 3. The Bertz CT molecular complexity index is 658. The minimum atomic E-state index is 0.0651. The lowest BCUT2D eigenvalue weighted by molar-refractivity contribution is -0.118. The number of rotatable bonds is 6. The molecule has 0 aliphatic carbocycles. The van der Waals surface area contributed by atoms with E-state index in [0.717, 1.165) is 17.0 Å². The van der Waals surface area contributed by atoms with E-state index in [9.17, 15) is 4.79 Å². The SMILES string of the molecule is CC(C)(C)c1ccc(SCC(=O)NCCc2ccc(N)cc2)cc1. The number of anilines is 1.